The lowest BCUT2D eigenvalue weighted by Crippen LogP contribution is -2.43. The lowest BCUT2D eigenvalue weighted by molar-refractivity contribution is -0.132. The standard InChI is InChI=1S/C27H35N3O4/c1-17(2)12-14-34-19-8-5-7-18(15-19)26-23-24(21-10-3-4-11-22(21)31)28-29-25(23)27(32)30(26)16-20-9-6-13-33-20/h3-5,7-8,10-11,15,17,20,23-26,28-29,31H,6,9,12-14,16H2,1-2H3. The summed E-state index contributed by atoms with van der Waals surface area (Å²) in [5, 5.41) is 10.6. The highest BCUT2D eigenvalue weighted by molar-refractivity contribution is 5.86. The Bertz CT molecular complexity index is 1010. The normalized spacial score (nSPS) is 28.6. The second-order valence-electron chi connectivity index (χ2n) is 10.1. The van der Waals surface area contributed by atoms with Gasteiger partial charge in [-0.25, -0.2) is 10.9 Å². The van der Waals surface area contributed by atoms with Crippen molar-refractivity contribution in [2.24, 2.45) is 11.8 Å². The molecule has 3 aliphatic heterocycles. The van der Waals surface area contributed by atoms with Gasteiger partial charge in [0.2, 0.25) is 5.91 Å². The van der Waals surface area contributed by atoms with Crippen LogP contribution < -0.4 is 15.6 Å². The second-order valence-corrected chi connectivity index (χ2v) is 10.1. The fourth-order valence-electron chi connectivity index (χ4n) is 5.53. The zero-order valence-corrected chi connectivity index (χ0v) is 19.9. The molecule has 182 valence electrons. The zero-order valence-electron chi connectivity index (χ0n) is 19.9. The van der Waals surface area contributed by atoms with Crippen LogP contribution in [0.4, 0.5) is 0 Å². The van der Waals surface area contributed by atoms with E-state index in [-0.39, 0.29) is 41.8 Å². The van der Waals surface area contributed by atoms with Crippen molar-refractivity contribution in [1.29, 1.82) is 0 Å². The highest BCUT2D eigenvalue weighted by Crippen LogP contribution is 2.49. The average molecular weight is 466 g/mol. The van der Waals surface area contributed by atoms with Crippen molar-refractivity contribution in [2.45, 2.75) is 57.3 Å². The van der Waals surface area contributed by atoms with Crippen LogP contribution in [0.1, 0.15) is 56.3 Å². The number of hydrogen-bond donors (Lipinski definition) is 3. The SMILES string of the molecule is CC(C)CCOc1cccc(C2C3C(NNC3c3ccccc3O)C(=O)N2CC2CCCO2)c1. The molecule has 3 heterocycles. The lowest BCUT2D eigenvalue weighted by Gasteiger charge is -2.33. The summed E-state index contributed by atoms with van der Waals surface area (Å²) in [5.74, 6) is 1.62. The molecule has 5 rings (SSSR count). The van der Waals surface area contributed by atoms with Gasteiger partial charge in [-0.1, -0.05) is 44.2 Å². The Labute approximate surface area is 201 Å². The van der Waals surface area contributed by atoms with Crippen molar-refractivity contribution < 1.29 is 19.4 Å². The number of aromatic hydroxyl groups is 1. The second kappa shape index (κ2) is 9.94. The molecule has 5 atom stereocenters. The predicted octanol–water partition coefficient (Wildman–Crippen LogP) is 3.71. The first-order valence-corrected chi connectivity index (χ1v) is 12.5. The molecular weight excluding hydrogens is 430 g/mol. The van der Waals surface area contributed by atoms with E-state index >= 15 is 0 Å². The van der Waals surface area contributed by atoms with E-state index in [1.54, 1.807) is 6.07 Å². The molecule has 7 heteroatoms. The summed E-state index contributed by atoms with van der Waals surface area (Å²) in [6.45, 7) is 6.37. The molecule has 0 bridgehead atoms. The molecular formula is C27H35N3O4. The Morgan fingerprint density at radius 3 is 2.74 bits per heavy atom. The number of fused-ring (bicyclic) bond motifs is 1. The molecule has 0 aromatic heterocycles. The number of nitrogens with zero attached hydrogens (tertiary/aromatic N) is 1. The summed E-state index contributed by atoms with van der Waals surface area (Å²) in [6, 6.07) is 14.8. The van der Waals surface area contributed by atoms with Crippen molar-refractivity contribution >= 4 is 5.91 Å². The van der Waals surface area contributed by atoms with E-state index in [1.807, 2.05) is 35.2 Å². The number of amides is 1. The summed E-state index contributed by atoms with van der Waals surface area (Å²) in [7, 11) is 0. The van der Waals surface area contributed by atoms with Crippen LogP contribution >= 0.6 is 0 Å². The summed E-state index contributed by atoms with van der Waals surface area (Å²) in [5.41, 5.74) is 8.38. The van der Waals surface area contributed by atoms with E-state index in [9.17, 15) is 9.90 Å². The maximum Gasteiger partial charge on any atom is 0.242 e. The van der Waals surface area contributed by atoms with Crippen LogP contribution in [-0.2, 0) is 9.53 Å². The Morgan fingerprint density at radius 1 is 1.15 bits per heavy atom. The molecule has 2 aromatic carbocycles. The number of rotatable bonds is 8. The molecule has 3 saturated heterocycles. The van der Waals surface area contributed by atoms with Crippen molar-refractivity contribution in [3.63, 3.8) is 0 Å². The third-order valence-corrected chi connectivity index (χ3v) is 7.27. The molecule has 0 radical (unpaired) electrons. The smallest absolute Gasteiger partial charge is 0.242 e. The Morgan fingerprint density at radius 2 is 1.97 bits per heavy atom. The maximum atomic E-state index is 13.6. The number of phenols is 1. The van der Waals surface area contributed by atoms with Crippen molar-refractivity contribution in [1.82, 2.24) is 15.8 Å². The number of hydrogen-bond acceptors (Lipinski definition) is 6. The summed E-state index contributed by atoms with van der Waals surface area (Å²) in [6.07, 6.45) is 3.06. The third kappa shape index (κ3) is 4.52. The van der Waals surface area contributed by atoms with Crippen LogP contribution in [0.25, 0.3) is 0 Å². The lowest BCUT2D eigenvalue weighted by atomic mass is 9.83. The van der Waals surface area contributed by atoms with E-state index in [0.717, 1.165) is 42.7 Å². The minimum atomic E-state index is -0.374. The fraction of sp³-hybridized carbons (Fsp3) is 0.519. The van der Waals surface area contributed by atoms with Gasteiger partial charge in [0.1, 0.15) is 17.5 Å². The van der Waals surface area contributed by atoms with E-state index in [4.69, 9.17) is 9.47 Å². The Hall–Kier alpha value is -2.61. The number of carbonyl (C=O) groups excluding carboxylic acids is 1. The van der Waals surface area contributed by atoms with Gasteiger partial charge in [0.05, 0.1) is 24.8 Å². The first kappa shape index (κ1) is 23.1. The van der Waals surface area contributed by atoms with Crippen molar-refractivity contribution in [3.05, 3.63) is 59.7 Å². The Kier molecular flexibility index (Phi) is 6.77. The summed E-state index contributed by atoms with van der Waals surface area (Å²) < 4.78 is 12.0. The van der Waals surface area contributed by atoms with Gasteiger partial charge in [0.15, 0.2) is 0 Å². The number of hydrazine groups is 1. The molecule has 3 fully saturated rings. The van der Waals surface area contributed by atoms with Crippen molar-refractivity contribution in [3.8, 4) is 11.5 Å². The predicted molar refractivity (Wildman–Crippen MR) is 129 cm³/mol. The first-order chi connectivity index (χ1) is 16.5. The highest BCUT2D eigenvalue weighted by Gasteiger charge is 2.56. The van der Waals surface area contributed by atoms with Crippen LogP contribution in [0.2, 0.25) is 0 Å². The number of benzene rings is 2. The average Bonchev–Trinajstić information content (AvgIpc) is 3.54. The molecule has 3 aliphatic rings. The topological polar surface area (TPSA) is 83.1 Å². The zero-order chi connectivity index (χ0) is 23.7. The van der Waals surface area contributed by atoms with Crippen molar-refractivity contribution in [2.75, 3.05) is 19.8 Å². The summed E-state index contributed by atoms with van der Waals surface area (Å²) >= 11 is 0. The van der Waals surface area contributed by atoms with Gasteiger partial charge in [-0.05, 0) is 48.9 Å². The monoisotopic (exact) mass is 465 g/mol. The first-order valence-electron chi connectivity index (χ1n) is 12.5. The van der Waals surface area contributed by atoms with Gasteiger partial charge in [0, 0.05) is 24.6 Å². The molecule has 5 unspecified atom stereocenters. The van der Waals surface area contributed by atoms with E-state index in [1.165, 1.54) is 0 Å². The number of ether oxygens (including phenoxy) is 2. The van der Waals surface area contributed by atoms with Crippen LogP contribution in [-0.4, -0.2) is 47.8 Å². The van der Waals surface area contributed by atoms with Crippen LogP contribution in [0.3, 0.4) is 0 Å². The largest absolute Gasteiger partial charge is 0.508 e. The summed E-state index contributed by atoms with van der Waals surface area (Å²) in [4.78, 5) is 15.6. The minimum absolute atomic E-state index is 0.0623. The number of likely N-dealkylation sites (tertiary alicyclic amines) is 1. The Balaban J connectivity index is 1.48. The molecule has 3 N–H and O–H groups in total. The quantitative estimate of drug-likeness (QED) is 0.551. The molecule has 34 heavy (non-hydrogen) atoms. The number of para-hydroxylation sites is 1. The molecule has 7 nitrogen and oxygen atoms in total. The highest BCUT2D eigenvalue weighted by atomic mass is 16.5. The molecule has 0 saturated carbocycles. The van der Waals surface area contributed by atoms with E-state index in [2.05, 4.69) is 36.8 Å². The number of nitrogens with one attached hydrogen (secondary N) is 2. The van der Waals surface area contributed by atoms with Gasteiger partial charge in [0.25, 0.3) is 0 Å². The maximum absolute atomic E-state index is 13.6. The fourth-order valence-corrected chi connectivity index (χ4v) is 5.53. The number of carbonyl (C=O) groups is 1. The molecule has 0 aliphatic carbocycles. The van der Waals surface area contributed by atoms with E-state index < -0.39 is 0 Å². The van der Waals surface area contributed by atoms with Crippen LogP contribution in [0.15, 0.2) is 48.5 Å². The molecule has 1 amide bonds. The van der Waals surface area contributed by atoms with Crippen LogP contribution in [0.5, 0.6) is 11.5 Å². The third-order valence-electron chi connectivity index (χ3n) is 7.27. The minimum Gasteiger partial charge on any atom is -0.508 e. The number of phenolic OH excluding ortho intramolecular Hbond substituents is 1. The van der Waals surface area contributed by atoms with Crippen LogP contribution in [0, 0.1) is 11.8 Å². The van der Waals surface area contributed by atoms with E-state index in [0.29, 0.717) is 19.1 Å². The van der Waals surface area contributed by atoms with Gasteiger partial charge in [-0.2, -0.15) is 0 Å². The van der Waals surface area contributed by atoms with Gasteiger partial charge >= 0.3 is 0 Å². The molecule has 2 aromatic rings. The van der Waals surface area contributed by atoms with Gasteiger partial charge < -0.3 is 19.5 Å². The van der Waals surface area contributed by atoms with Gasteiger partial charge in [-0.15, -0.1) is 0 Å². The molecule has 0 spiro atoms. The van der Waals surface area contributed by atoms with Gasteiger partial charge in [-0.3, -0.25) is 4.79 Å².